The van der Waals surface area contributed by atoms with Crippen molar-refractivity contribution in [1.29, 1.82) is 0 Å². The zero-order chi connectivity index (χ0) is 15.3. The quantitative estimate of drug-likeness (QED) is 0.762. The predicted molar refractivity (Wildman–Crippen MR) is 84.1 cm³/mol. The summed E-state index contributed by atoms with van der Waals surface area (Å²) in [6.45, 7) is 11.0. The van der Waals surface area contributed by atoms with Gasteiger partial charge in [0.1, 0.15) is 5.82 Å². The lowest BCUT2D eigenvalue weighted by Crippen LogP contribution is -2.26. The van der Waals surface area contributed by atoms with Crippen LogP contribution in [-0.4, -0.2) is 41.1 Å². The minimum atomic E-state index is -0.269. The molecule has 1 heterocycles. The Morgan fingerprint density at radius 2 is 2.00 bits per heavy atom. The molecule has 1 unspecified atom stereocenters. The number of nitrogens with one attached hydrogen (secondary N) is 1. The molecule has 0 saturated heterocycles. The van der Waals surface area contributed by atoms with Crippen LogP contribution in [-0.2, 0) is 13.6 Å². The fourth-order valence-electron chi connectivity index (χ4n) is 2.35. The van der Waals surface area contributed by atoms with Crippen LogP contribution in [0.2, 0.25) is 0 Å². The smallest absolute Gasteiger partial charge is 0.131 e. The van der Waals surface area contributed by atoms with Gasteiger partial charge in [0.2, 0.25) is 0 Å². The third kappa shape index (κ3) is 4.80. The summed E-state index contributed by atoms with van der Waals surface area (Å²) in [7, 11) is 4.04. The van der Waals surface area contributed by atoms with Gasteiger partial charge in [-0.25, -0.2) is 0 Å². The highest BCUT2D eigenvalue weighted by Crippen LogP contribution is 2.22. The molecule has 2 N–H and O–H groups in total. The van der Waals surface area contributed by atoms with Crippen molar-refractivity contribution in [1.82, 2.24) is 15.1 Å². The molecule has 1 aromatic heterocycles. The van der Waals surface area contributed by atoms with Crippen molar-refractivity contribution in [2.45, 2.75) is 46.8 Å². The lowest BCUT2D eigenvalue weighted by molar-refractivity contribution is 0.186. The number of aliphatic hydroxyl groups is 1. The van der Waals surface area contributed by atoms with Crippen LogP contribution in [0.4, 0.5) is 5.82 Å². The Labute approximate surface area is 123 Å². The van der Waals surface area contributed by atoms with Gasteiger partial charge in [0.05, 0.1) is 11.8 Å². The molecule has 0 bridgehead atoms. The van der Waals surface area contributed by atoms with Gasteiger partial charge in [-0.2, -0.15) is 5.10 Å². The third-order valence-electron chi connectivity index (χ3n) is 3.41. The van der Waals surface area contributed by atoms with E-state index in [4.69, 9.17) is 0 Å². The van der Waals surface area contributed by atoms with Gasteiger partial charge < -0.3 is 15.3 Å². The van der Waals surface area contributed by atoms with E-state index in [-0.39, 0.29) is 6.10 Å². The zero-order valence-corrected chi connectivity index (χ0v) is 13.8. The van der Waals surface area contributed by atoms with E-state index >= 15 is 0 Å². The molecule has 1 aromatic rings. The van der Waals surface area contributed by atoms with Gasteiger partial charge in [0.15, 0.2) is 0 Å². The van der Waals surface area contributed by atoms with Crippen molar-refractivity contribution < 1.29 is 5.11 Å². The number of hydrogen-bond acceptors (Lipinski definition) is 4. The second-order valence-electron chi connectivity index (χ2n) is 6.10. The first-order valence-corrected chi connectivity index (χ1v) is 7.45. The molecule has 0 aliphatic rings. The second kappa shape index (κ2) is 7.64. The molecule has 116 valence electrons. The Hall–Kier alpha value is -1.07. The van der Waals surface area contributed by atoms with Gasteiger partial charge in [-0.15, -0.1) is 0 Å². The maximum absolute atomic E-state index is 9.43. The molecule has 0 aliphatic heterocycles. The summed E-state index contributed by atoms with van der Waals surface area (Å²) in [5.41, 5.74) is 2.32. The average Bonchev–Trinajstić information content (AvgIpc) is 2.61. The van der Waals surface area contributed by atoms with Gasteiger partial charge in [-0.1, -0.05) is 13.8 Å². The number of rotatable bonds is 8. The van der Waals surface area contributed by atoms with Crippen molar-refractivity contribution in [3.8, 4) is 0 Å². The number of aryl methyl sites for hydroxylation is 2. The van der Waals surface area contributed by atoms with Crippen LogP contribution in [0.3, 0.4) is 0 Å². The Bertz CT molecular complexity index is 412. The molecule has 0 radical (unpaired) electrons. The van der Waals surface area contributed by atoms with Crippen LogP contribution in [0, 0.1) is 12.8 Å². The van der Waals surface area contributed by atoms with E-state index in [1.54, 1.807) is 0 Å². The van der Waals surface area contributed by atoms with Gasteiger partial charge in [-0.05, 0) is 32.7 Å². The van der Waals surface area contributed by atoms with Crippen molar-refractivity contribution in [2.24, 2.45) is 13.0 Å². The van der Waals surface area contributed by atoms with E-state index in [0.717, 1.165) is 37.6 Å². The first-order chi connectivity index (χ1) is 9.32. The summed E-state index contributed by atoms with van der Waals surface area (Å²) < 4.78 is 1.93. The van der Waals surface area contributed by atoms with Crippen molar-refractivity contribution in [3.63, 3.8) is 0 Å². The summed E-state index contributed by atoms with van der Waals surface area (Å²) >= 11 is 0. The SMILES string of the molecule is Cc1nn(C)c(N(C)CCC(C)O)c1CNCC(C)C. The van der Waals surface area contributed by atoms with E-state index in [9.17, 15) is 5.11 Å². The minimum Gasteiger partial charge on any atom is -0.393 e. The van der Waals surface area contributed by atoms with Gasteiger partial charge in [-0.3, -0.25) is 4.68 Å². The molecule has 0 spiro atoms. The van der Waals surface area contributed by atoms with Crippen LogP contribution in [0.25, 0.3) is 0 Å². The highest BCUT2D eigenvalue weighted by molar-refractivity contribution is 5.49. The van der Waals surface area contributed by atoms with E-state index in [0.29, 0.717) is 5.92 Å². The topological polar surface area (TPSA) is 53.3 Å². The Morgan fingerprint density at radius 1 is 1.35 bits per heavy atom. The molecule has 0 aliphatic carbocycles. The van der Waals surface area contributed by atoms with Crippen LogP contribution in [0.15, 0.2) is 0 Å². The standard InChI is InChI=1S/C15H30N4O/c1-11(2)9-16-10-14-13(4)17-19(6)15(14)18(5)8-7-12(3)20/h11-12,16,20H,7-10H2,1-6H3. The van der Waals surface area contributed by atoms with Crippen LogP contribution in [0.1, 0.15) is 38.4 Å². The fourth-order valence-corrected chi connectivity index (χ4v) is 2.35. The Kier molecular flexibility index (Phi) is 6.49. The van der Waals surface area contributed by atoms with E-state index in [1.165, 1.54) is 5.56 Å². The molecular weight excluding hydrogens is 252 g/mol. The van der Waals surface area contributed by atoms with Gasteiger partial charge in [0, 0.05) is 32.7 Å². The van der Waals surface area contributed by atoms with E-state index in [1.807, 2.05) is 18.7 Å². The summed E-state index contributed by atoms with van der Waals surface area (Å²) in [6.07, 6.45) is 0.494. The summed E-state index contributed by atoms with van der Waals surface area (Å²) in [4.78, 5) is 2.18. The highest BCUT2D eigenvalue weighted by Gasteiger charge is 2.16. The highest BCUT2D eigenvalue weighted by atomic mass is 16.3. The maximum Gasteiger partial charge on any atom is 0.131 e. The number of anilines is 1. The van der Waals surface area contributed by atoms with Crippen LogP contribution < -0.4 is 10.2 Å². The first kappa shape index (κ1) is 17.0. The average molecular weight is 282 g/mol. The number of nitrogens with zero attached hydrogens (tertiary/aromatic N) is 3. The lowest BCUT2D eigenvalue weighted by Gasteiger charge is -2.22. The molecule has 1 rings (SSSR count). The largest absolute Gasteiger partial charge is 0.393 e. The molecule has 0 fully saturated rings. The van der Waals surface area contributed by atoms with Gasteiger partial charge >= 0.3 is 0 Å². The Morgan fingerprint density at radius 3 is 2.55 bits per heavy atom. The normalized spacial score (nSPS) is 13.0. The minimum absolute atomic E-state index is 0.269. The molecule has 20 heavy (non-hydrogen) atoms. The van der Waals surface area contributed by atoms with Gasteiger partial charge in [0.25, 0.3) is 0 Å². The second-order valence-corrected chi connectivity index (χ2v) is 6.10. The van der Waals surface area contributed by atoms with E-state index in [2.05, 4.69) is 43.1 Å². The van der Waals surface area contributed by atoms with Crippen LogP contribution in [0.5, 0.6) is 0 Å². The van der Waals surface area contributed by atoms with Crippen molar-refractivity contribution in [3.05, 3.63) is 11.3 Å². The molecule has 1 atom stereocenters. The summed E-state index contributed by atoms with van der Waals surface area (Å²) in [5.74, 6) is 1.78. The molecule has 0 saturated carbocycles. The zero-order valence-electron chi connectivity index (χ0n) is 13.8. The molecular formula is C15H30N4O. The first-order valence-electron chi connectivity index (χ1n) is 7.45. The Balaban J connectivity index is 2.78. The predicted octanol–water partition coefficient (Wildman–Crippen LogP) is 1.68. The third-order valence-corrected chi connectivity index (χ3v) is 3.41. The number of aromatic nitrogens is 2. The summed E-state index contributed by atoms with van der Waals surface area (Å²) in [5, 5.41) is 17.4. The number of hydrogen-bond donors (Lipinski definition) is 2. The fraction of sp³-hybridized carbons (Fsp3) is 0.800. The van der Waals surface area contributed by atoms with Crippen molar-refractivity contribution >= 4 is 5.82 Å². The monoisotopic (exact) mass is 282 g/mol. The lowest BCUT2D eigenvalue weighted by atomic mass is 10.2. The molecule has 5 heteroatoms. The number of aliphatic hydroxyl groups excluding tert-OH is 1. The molecule has 5 nitrogen and oxygen atoms in total. The van der Waals surface area contributed by atoms with Crippen molar-refractivity contribution in [2.75, 3.05) is 25.0 Å². The maximum atomic E-state index is 9.43. The molecule has 0 aromatic carbocycles. The molecule has 0 amide bonds. The summed E-state index contributed by atoms with van der Waals surface area (Å²) in [6, 6.07) is 0. The van der Waals surface area contributed by atoms with Crippen LogP contribution >= 0.6 is 0 Å². The van der Waals surface area contributed by atoms with E-state index < -0.39 is 0 Å².